The summed E-state index contributed by atoms with van der Waals surface area (Å²) in [7, 11) is -3.29. The third-order valence-corrected chi connectivity index (χ3v) is 5.86. The van der Waals surface area contributed by atoms with E-state index in [0.717, 1.165) is 19.5 Å². The van der Waals surface area contributed by atoms with Crippen LogP contribution in [0.25, 0.3) is 0 Å². The van der Waals surface area contributed by atoms with Gasteiger partial charge in [-0.2, -0.15) is 0 Å². The van der Waals surface area contributed by atoms with E-state index in [9.17, 15) is 8.42 Å². The Bertz CT molecular complexity index is 479. The lowest BCUT2D eigenvalue weighted by Gasteiger charge is -2.15. The van der Waals surface area contributed by atoms with Crippen molar-refractivity contribution in [3.8, 4) is 0 Å². The summed E-state index contributed by atoms with van der Waals surface area (Å²) < 4.78 is 24.9. The van der Waals surface area contributed by atoms with E-state index in [1.54, 1.807) is 24.3 Å². The molecule has 0 bridgehead atoms. The number of halogens is 1. The van der Waals surface area contributed by atoms with Gasteiger partial charge in [0.15, 0.2) is 9.84 Å². The van der Waals surface area contributed by atoms with Crippen LogP contribution in [-0.4, -0.2) is 26.8 Å². The van der Waals surface area contributed by atoms with E-state index in [2.05, 4.69) is 5.32 Å². The van der Waals surface area contributed by atoms with Crippen LogP contribution in [0, 0.1) is 0 Å². The Kier molecular flexibility index (Phi) is 4.07. The average Bonchev–Trinajstić information content (AvgIpc) is 2.58. The van der Waals surface area contributed by atoms with Crippen molar-refractivity contribution in [3.05, 3.63) is 29.3 Å². The van der Waals surface area contributed by atoms with E-state index in [1.165, 1.54) is 0 Å². The highest BCUT2D eigenvalue weighted by Crippen LogP contribution is 2.28. The standard InChI is InChI=1S/C12H16ClNO2S/c13-11-5-1-2-6-12(11)17(15,16)10-4-3-8-14-9-7-10/h1-2,5-6,10,14H,3-4,7-9H2. The maximum atomic E-state index is 12.4. The normalized spacial score (nSPS) is 22.1. The van der Waals surface area contributed by atoms with E-state index in [0.29, 0.717) is 17.9 Å². The van der Waals surface area contributed by atoms with Crippen LogP contribution in [0.1, 0.15) is 19.3 Å². The third-order valence-electron chi connectivity index (χ3n) is 3.10. The third kappa shape index (κ3) is 2.81. The number of nitrogens with one attached hydrogen (secondary N) is 1. The Hall–Kier alpha value is -0.580. The van der Waals surface area contributed by atoms with Crippen LogP contribution in [0.4, 0.5) is 0 Å². The van der Waals surface area contributed by atoms with Crippen molar-refractivity contribution in [1.29, 1.82) is 0 Å². The molecule has 1 heterocycles. The molecule has 0 aliphatic carbocycles. The molecule has 1 aliphatic rings. The van der Waals surface area contributed by atoms with Gasteiger partial charge < -0.3 is 5.32 Å². The molecule has 2 rings (SSSR count). The lowest BCUT2D eigenvalue weighted by molar-refractivity contribution is 0.566. The average molecular weight is 274 g/mol. The van der Waals surface area contributed by atoms with E-state index >= 15 is 0 Å². The van der Waals surface area contributed by atoms with Crippen LogP contribution < -0.4 is 5.32 Å². The molecular formula is C12H16ClNO2S. The van der Waals surface area contributed by atoms with Gasteiger partial charge >= 0.3 is 0 Å². The summed E-state index contributed by atoms with van der Waals surface area (Å²) in [6.45, 7) is 1.66. The highest BCUT2D eigenvalue weighted by atomic mass is 35.5. The second-order valence-electron chi connectivity index (χ2n) is 4.28. The van der Waals surface area contributed by atoms with Crippen LogP contribution in [0.2, 0.25) is 5.02 Å². The first-order valence-corrected chi connectivity index (χ1v) is 7.74. The van der Waals surface area contributed by atoms with Gasteiger partial charge in [-0.3, -0.25) is 0 Å². The highest BCUT2D eigenvalue weighted by molar-refractivity contribution is 7.92. The summed E-state index contributed by atoms with van der Waals surface area (Å²) in [6.07, 6.45) is 2.27. The van der Waals surface area contributed by atoms with E-state index in [-0.39, 0.29) is 10.1 Å². The monoisotopic (exact) mass is 273 g/mol. The Morgan fingerprint density at radius 1 is 1.18 bits per heavy atom. The molecule has 1 N–H and O–H groups in total. The van der Waals surface area contributed by atoms with E-state index in [4.69, 9.17) is 11.6 Å². The zero-order chi connectivity index (χ0) is 12.3. The minimum Gasteiger partial charge on any atom is -0.317 e. The fourth-order valence-corrected chi connectivity index (χ4v) is 4.48. The van der Waals surface area contributed by atoms with E-state index in [1.807, 2.05) is 0 Å². The van der Waals surface area contributed by atoms with Gasteiger partial charge in [-0.1, -0.05) is 23.7 Å². The molecule has 1 aromatic rings. The lowest BCUT2D eigenvalue weighted by Crippen LogP contribution is -2.23. The molecule has 17 heavy (non-hydrogen) atoms. The topological polar surface area (TPSA) is 46.2 Å². The molecule has 0 amide bonds. The number of benzene rings is 1. The van der Waals surface area contributed by atoms with Gasteiger partial charge in [-0.15, -0.1) is 0 Å². The second-order valence-corrected chi connectivity index (χ2v) is 6.88. The first-order valence-electron chi connectivity index (χ1n) is 5.81. The molecule has 0 radical (unpaired) electrons. The Morgan fingerprint density at radius 2 is 1.94 bits per heavy atom. The van der Waals surface area contributed by atoms with Crippen LogP contribution in [-0.2, 0) is 9.84 Å². The zero-order valence-corrected chi connectivity index (χ0v) is 11.1. The summed E-state index contributed by atoms with van der Waals surface area (Å²) in [6, 6.07) is 6.68. The van der Waals surface area contributed by atoms with Crippen molar-refractivity contribution in [2.45, 2.75) is 29.4 Å². The first kappa shape index (κ1) is 12.9. The largest absolute Gasteiger partial charge is 0.317 e. The summed E-state index contributed by atoms with van der Waals surface area (Å²) in [5, 5.41) is 3.23. The van der Waals surface area contributed by atoms with Gasteiger partial charge in [-0.05, 0) is 44.5 Å². The molecule has 0 aromatic heterocycles. The smallest absolute Gasteiger partial charge is 0.182 e. The summed E-state index contributed by atoms with van der Waals surface area (Å²) in [5.41, 5.74) is 0. The first-order chi connectivity index (χ1) is 8.12. The summed E-state index contributed by atoms with van der Waals surface area (Å²) in [4.78, 5) is 0.272. The van der Waals surface area contributed by atoms with Gasteiger partial charge in [-0.25, -0.2) is 8.42 Å². The Balaban J connectivity index is 2.32. The molecule has 1 saturated heterocycles. The predicted molar refractivity (Wildman–Crippen MR) is 69.1 cm³/mol. The van der Waals surface area contributed by atoms with Crippen molar-refractivity contribution in [2.24, 2.45) is 0 Å². The molecule has 1 fully saturated rings. The van der Waals surface area contributed by atoms with E-state index < -0.39 is 9.84 Å². The molecule has 0 spiro atoms. The highest BCUT2D eigenvalue weighted by Gasteiger charge is 2.29. The minimum atomic E-state index is -3.29. The fraction of sp³-hybridized carbons (Fsp3) is 0.500. The molecule has 1 aromatic carbocycles. The number of hydrogen-bond donors (Lipinski definition) is 1. The van der Waals surface area contributed by atoms with Crippen LogP contribution >= 0.6 is 11.6 Å². The SMILES string of the molecule is O=S(=O)(c1ccccc1Cl)C1CCCNCC1. The molecule has 1 unspecified atom stereocenters. The van der Waals surface area contributed by atoms with Crippen molar-refractivity contribution in [2.75, 3.05) is 13.1 Å². The number of hydrogen-bond acceptors (Lipinski definition) is 3. The molecule has 94 valence electrons. The minimum absolute atomic E-state index is 0.272. The number of sulfone groups is 1. The van der Waals surface area contributed by atoms with Gasteiger partial charge in [0.2, 0.25) is 0 Å². The van der Waals surface area contributed by atoms with Gasteiger partial charge in [0.1, 0.15) is 0 Å². The second kappa shape index (κ2) is 5.38. The van der Waals surface area contributed by atoms with Gasteiger partial charge in [0, 0.05) is 0 Å². The maximum Gasteiger partial charge on any atom is 0.182 e. The molecule has 1 atom stereocenters. The molecule has 5 heteroatoms. The summed E-state index contributed by atoms with van der Waals surface area (Å²) >= 11 is 5.97. The quantitative estimate of drug-likeness (QED) is 0.899. The van der Waals surface area contributed by atoms with Crippen LogP contribution in [0.3, 0.4) is 0 Å². The number of rotatable bonds is 2. The van der Waals surface area contributed by atoms with Crippen molar-refractivity contribution in [3.63, 3.8) is 0 Å². The van der Waals surface area contributed by atoms with Crippen LogP contribution in [0.15, 0.2) is 29.2 Å². The lowest BCUT2D eigenvalue weighted by atomic mass is 10.2. The van der Waals surface area contributed by atoms with Crippen molar-refractivity contribution >= 4 is 21.4 Å². The summed E-state index contributed by atoms with van der Waals surface area (Å²) in [5.74, 6) is 0. The van der Waals surface area contributed by atoms with Gasteiger partial charge in [0.25, 0.3) is 0 Å². The Labute approximate surface area is 107 Å². The maximum absolute atomic E-state index is 12.4. The van der Waals surface area contributed by atoms with Crippen LogP contribution in [0.5, 0.6) is 0 Å². The molecule has 3 nitrogen and oxygen atoms in total. The predicted octanol–water partition coefficient (Wildman–Crippen LogP) is 2.26. The molecule has 1 aliphatic heterocycles. The van der Waals surface area contributed by atoms with Crippen molar-refractivity contribution in [1.82, 2.24) is 5.32 Å². The molecule has 0 saturated carbocycles. The Morgan fingerprint density at radius 3 is 2.71 bits per heavy atom. The van der Waals surface area contributed by atoms with Gasteiger partial charge in [0.05, 0.1) is 15.2 Å². The molecular weight excluding hydrogens is 258 g/mol. The van der Waals surface area contributed by atoms with Crippen molar-refractivity contribution < 1.29 is 8.42 Å². The fourth-order valence-electron chi connectivity index (χ4n) is 2.15. The zero-order valence-electron chi connectivity index (χ0n) is 9.52.